The molecule has 7 nitrogen and oxygen atoms in total. The van der Waals surface area contributed by atoms with Crippen molar-refractivity contribution in [2.75, 3.05) is 13.1 Å². The number of imidazole rings is 1. The Bertz CT molecular complexity index is 1140. The normalized spacial score (nSPS) is 14.4. The van der Waals surface area contributed by atoms with Crippen LogP contribution in [0.2, 0.25) is 0 Å². The van der Waals surface area contributed by atoms with Gasteiger partial charge in [0, 0.05) is 25.7 Å². The molecule has 140 valence electrons. The summed E-state index contributed by atoms with van der Waals surface area (Å²) < 4.78 is 7.28. The molecule has 7 heteroatoms. The fraction of sp³-hybridized carbons (Fsp3) is 0.238. The quantitative estimate of drug-likeness (QED) is 0.550. The second-order valence-corrected chi connectivity index (χ2v) is 7.09. The molecule has 0 spiro atoms. The van der Waals surface area contributed by atoms with E-state index < -0.39 is 0 Å². The molecule has 0 bridgehead atoms. The van der Waals surface area contributed by atoms with Gasteiger partial charge in [-0.15, -0.1) is 0 Å². The number of hydrogen-bond acceptors (Lipinski definition) is 5. The van der Waals surface area contributed by atoms with Crippen LogP contribution in [0.4, 0.5) is 0 Å². The Morgan fingerprint density at radius 1 is 1.11 bits per heavy atom. The number of carbonyl (C=O) groups excluding carboxylic acids is 1. The van der Waals surface area contributed by atoms with Gasteiger partial charge in [0.15, 0.2) is 5.82 Å². The molecule has 1 saturated heterocycles. The Balaban J connectivity index is 1.27. The lowest BCUT2D eigenvalue weighted by Gasteiger charge is -2.37. The Hall–Kier alpha value is -3.48. The lowest BCUT2D eigenvalue weighted by molar-refractivity contribution is 0.0561. The standard InChI is InChI=1S/C21H19N5O2/c1-14-19(26-10-6-5-9-18(26)22-14)21(27)25-12-16(13-25)20-23-17(24-28-20)11-15-7-3-2-4-8-15/h2-10,16H,11-13H2,1H3. The molecule has 1 aliphatic heterocycles. The fourth-order valence-corrected chi connectivity index (χ4v) is 3.61. The summed E-state index contributed by atoms with van der Waals surface area (Å²) in [5, 5.41) is 4.09. The van der Waals surface area contributed by atoms with Gasteiger partial charge >= 0.3 is 0 Å². The largest absolute Gasteiger partial charge is 0.339 e. The van der Waals surface area contributed by atoms with Crippen molar-refractivity contribution in [3.05, 3.63) is 83.4 Å². The van der Waals surface area contributed by atoms with Crippen molar-refractivity contribution in [3.63, 3.8) is 0 Å². The van der Waals surface area contributed by atoms with Crippen molar-refractivity contribution in [3.8, 4) is 0 Å². The molecule has 1 amide bonds. The lowest BCUT2D eigenvalue weighted by atomic mass is 9.99. The van der Waals surface area contributed by atoms with Gasteiger partial charge in [0.25, 0.3) is 5.91 Å². The number of benzene rings is 1. The van der Waals surface area contributed by atoms with E-state index in [1.54, 1.807) is 4.90 Å². The third-order valence-corrected chi connectivity index (χ3v) is 5.11. The molecule has 5 rings (SSSR count). The van der Waals surface area contributed by atoms with Gasteiger partial charge in [-0.2, -0.15) is 4.98 Å². The number of likely N-dealkylation sites (tertiary alicyclic amines) is 1. The van der Waals surface area contributed by atoms with Crippen LogP contribution in [0, 0.1) is 6.92 Å². The van der Waals surface area contributed by atoms with E-state index in [1.807, 2.05) is 66.1 Å². The summed E-state index contributed by atoms with van der Waals surface area (Å²) in [6.07, 6.45) is 2.51. The number of carbonyl (C=O) groups is 1. The van der Waals surface area contributed by atoms with E-state index in [1.165, 1.54) is 0 Å². The van der Waals surface area contributed by atoms with E-state index >= 15 is 0 Å². The monoisotopic (exact) mass is 373 g/mol. The Morgan fingerprint density at radius 3 is 2.71 bits per heavy atom. The van der Waals surface area contributed by atoms with Gasteiger partial charge in [0.05, 0.1) is 11.6 Å². The molecule has 0 unspecified atom stereocenters. The summed E-state index contributed by atoms with van der Waals surface area (Å²) in [6.45, 7) is 3.02. The highest BCUT2D eigenvalue weighted by Crippen LogP contribution is 2.28. The number of aromatic nitrogens is 4. The van der Waals surface area contributed by atoms with Crippen molar-refractivity contribution < 1.29 is 9.32 Å². The van der Waals surface area contributed by atoms with Crippen molar-refractivity contribution in [2.24, 2.45) is 0 Å². The van der Waals surface area contributed by atoms with Crippen molar-refractivity contribution in [1.29, 1.82) is 0 Å². The number of fused-ring (bicyclic) bond motifs is 1. The zero-order chi connectivity index (χ0) is 19.1. The van der Waals surface area contributed by atoms with Gasteiger partial charge < -0.3 is 9.42 Å². The molecule has 0 N–H and O–H groups in total. The van der Waals surface area contributed by atoms with Gasteiger partial charge in [0.2, 0.25) is 5.89 Å². The third kappa shape index (κ3) is 2.85. The summed E-state index contributed by atoms with van der Waals surface area (Å²) in [4.78, 5) is 23.7. The Morgan fingerprint density at radius 2 is 1.89 bits per heavy atom. The highest BCUT2D eigenvalue weighted by Gasteiger charge is 2.37. The Labute approximate surface area is 161 Å². The summed E-state index contributed by atoms with van der Waals surface area (Å²) in [6, 6.07) is 15.8. The van der Waals surface area contributed by atoms with Gasteiger partial charge in [-0.05, 0) is 24.6 Å². The number of amides is 1. The van der Waals surface area contributed by atoms with E-state index in [2.05, 4.69) is 15.1 Å². The number of nitrogens with zero attached hydrogens (tertiary/aromatic N) is 5. The van der Waals surface area contributed by atoms with E-state index in [4.69, 9.17) is 4.52 Å². The molecule has 1 aliphatic rings. The molecule has 28 heavy (non-hydrogen) atoms. The molecule has 4 heterocycles. The summed E-state index contributed by atoms with van der Waals surface area (Å²) in [5.41, 5.74) is 3.28. The topological polar surface area (TPSA) is 76.5 Å². The van der Waals surface area contributed by atoms with Crippen LogP contribution in [0.3, 0.4) is 0 Å². The van der Waals surface area contributed by atoms with Gasteiger partial charge in [-0.25, -0.2) is 4.98 Å². The molecular weight excluding hydrogens is 354 g/mol. The molecule has 3 aromatic heterocycles. The van der Waals surface area contributed by atoms with E-state index in [9.17, 15) is 4.79 Å². The van der Waals surface area contributed by atoms with Crippen LogP contribution in [0.1, 0.15) is 39.4 Å². The summed E-state index contributed by atoms with van der Waals surface area (Å²) in [5.74, 6) is 1.34. The van der Waals surface area contributed by atoms with Crippen LogP contribution < -0.4 is 0 Å². The minimum atomic E-state index is -0.0172. The van der Waals surface area contributed by atoms with Crippen molar-refractivity contribution >= 4 is 11.6 Å². The van der Waals surface area contributed by atoms with Gasteiger partial charge in [-0.3, -0.25) is 9.20 Å². The molecule has 0 atom stereocenters. The van der Waals surface area contributed by atoms with Crippen molar-refractivity contribution in [1.82, 2.24) is 24.4 Å². The molecule has 0 aliphatic carbocycles. The first-order chi connectivity index (χ1) is 13.7. The minimum Gasteiger partial charge on any atom is -0.339 e. The molecule has 1 fully saturated rings. The fourth-order valence-electron chi connectivity index (χ4n) is 3.61. The predicted octanol–water partition coefficient (Wildman–Crippen LogP) is 2.86. The highest BCUT2D eigenvalue weighted by molar-refractivity contribution is 5.95. The Kier molecular flexibility index (Phi) is 3.93. The summed E-state index contributed by atoms with van der Waals surface area (Å²) in [7, 11) is 0. The van der Waals surface area contributed by atoms with Crippen molar-refractivity contribution in [2.45, 2.75) is 19.3 Å². The van der Waals surface area contributed by atoms with Gasteiger partial charge in [-0.1, -0.05) is 41.6 Å². The van der Waals surface area contributed by atoms with Crippen LogP contribution >= 0.6 is 0 Å². The molecule has 0 radical (unpaired) electrons. The minimum absolute atomic E-state index is 0.0172. The van der Waals surface area contributed by atoms with E-state index in [-0.39, 0.29) is 11.8 Å². The maximum Gasteiger partial charge on any atom is 0.272 e. The number of aryl methyl sites for hydroxylation is 1. The third-order valence-electron chi connectivity index (χ3n) is 5.11. The molecule has 0 saturated carbocycles. The second kappa shape index (κ2) is 6.60. The first kappa shape index (κ1) is 16.7. The van der Waals surface area contributed by atoms with Crippen LogP contribution in [0.15, 0.2) is 59.3 Å². The van der Waals surface area contributed by atoms with Gasteiger partial charge in [0.1, 0.15) is 11.3 Å². The molecular formula is C21H19N5O2. The van der Waals surface area contributed by atoms with Crippen LogP contribution in [0.5, 0.6) is 0 Å². The first-order valence-corrected chi connectivity index (χ1v) is 9.28. The molecule has 1 aromatic carbocycles. The summed E-state index contributed by atoms with van der Waals surface area (Å²) >= 11 is 0. The van der Waals surface area contributed by atoms with Crippen LogP contribution in [0.25, 0.3) is 5.65 Å². The van der Waals surface area contributed by atoms with E-state index in [0.29, 0.717) is 36.9 Å². The maximum absolute atomic E-state index is 12.9. The number of rotatable bonds is 4. The predicted molar refractivity (Wildman–Crippen MR) is 102 cm³/mol. The lowest BCUT2D eigenvalue weighted by Crippen LogP contribution is -2.49. The second-order valence-electron chi connectivity index (χ2n) is 7.09. The first-order valence-electron chi connectivity index (χ1n) is 9.28. The maximum atomic E-state index is 12.9. The van der Waals surface area contributed by atoms with Crippen LogP contribution in [-0.4, -0.2) is 43.4 Å². The highest BCUT2D eigenvalue weighted by atomic mass is 16.5. The SMILES string of the molecule is Cc1nc2ccccn2c1C(=O)N1CC(c2nc(Cc3ccccc3)no2)C1. The zero-order valence-corrected chi connectivity index (χ0v) is 15.4. The number of pyridine rings is 1. The smallest absolute Gasteiger partial charge is 0.272 e. The average Bonchev–Trinajstić information content (AvgIpc) is 3.24. The van der Waals surface area contributed by atoms with Crippen LogP contribution in [-0.2, 0) is 6.42 Å². The average molecular weight is 373 g/mol. The van der Waals surface area contributed by atoms with E-state index in [0.717, 1.165) is 16.9 Å². The number of hydrogen-bond donors (Lipinski definition) is 0. The zero-order valence-electron chi connectivity index (χ0n) is 15.4. The molecule has 4 aromatic rings.